The average Bonchev–Trinajstić information content (AvgIpc) is 3.06. The predicted molar refractivity (Wildman–Crippen MR) is 70.7 cm³/mol. The Bertz CT molecular complexity index is 785. The van der Waals surface area contributed by atoms with E-state index >= 15 is 0 Å². The van der Waals surface area contributed by atoms with Crippen LogP contribution in [-0.2, 0) is 0 Å². The summed E-state index contributed by atoms with van der Waals surface area (Å²) in [6, 6.07) is 6.54. The number of carboxylic acids is 1. The number of hydrogen-bond donors (Lipinski definition) is 0. The highest BCUT2D eigenvalue weighted by Gasteiger charge is 2.15. The maximum Gasteiger partial charge on any atom is 0.251 e. The van der Waals surface area contributed by atoms with Gasteiger partial charge in [0.1, 0.15) is 5.69 Å². The van der Waals surface area contributed by atoms with Gasteiger partial charge in [-0.1, -0.05) is 0 Å². The molecule has 0 aliphatic rings. The molecule has 0 radical (unpaired) electrons. The minimum Gasteiger partial charge on any atom is -0.543 e. The van der Waals surface area contributed by atoms with E-state index in [4.69, 9.17) is 4.42 Å². The number of carbonyl (C=O) groups excluding carboxylic acids is 1. The zero-order valence-corrected chi connectivity index (χ0v) is 11.4. The summed E-state index contributed by atoms with van der Waals surface area (Å²) in [6.45, 7) is 3.60. The van der Waals surface area contributed by atoms with Crippen LogP contribution in [0.3, 0.4) is 0 Å². The van der Waals surface area contributed by atoms with Gasteiger partial charge in [0.2, 0.25) is 0 Å². The molecule has 0 fully saturated rings. The highest BCUT2D eigenvalue weighted by atomic mass is 16.4. The normalized spacial score (nSPS) is 10.8. The maximum absolute atomic E-state index is 11.3. The number of nitrogens with zero attached hydrogens (tertiary/aromatic N) is 4. The van der Waals surface area contributed by atoms with E-state index in [2.05, 4.69) is 15.1 Å². The third-order valence-corrected chi connectivity index (χ3v) is 2.85. The molecule has 106 valence electrons. The summed E-state index contributed by atoms with van der Waals surface area (Å²) in [6.07, 6.45) is 1.49. The third kappa shape index (κ3) is 2.40. The molecule has 0 atom stereocenters. The highest BCUT2D eigenvalue weighted by Crippen LogP contribution is 2.21. The fraction of sp³-hybridized carbons (Fsp3) is 0.143. The van der Waals surface area contributed by atoms with Crippen LogP contribution in [0.4, 0.5) is 0 Å². The van der Waals surface area contributed by atoms with Crippen molar-refractivity contribution in [2.75, 3.05) is 0 Å². The van der Waals surface area contributed by atoms with Gasteiger partial charge in [0.25, 0.3) is 5.95 Å². The molecular weight excluding hydrogens is 272 g/mol. The number of furan rings is 1. The van der Waals surface area contributed by atoms with Crippen molar-refractivity contribution in [3.05, 3.63) is 47.6 Å². The molecule has 21 heavy (non-hydrogen) atoms. The van der Waals surface area contributed by atoms with Gasteiger partial charge in [-0.3, -0.25) is 0 Å². The van der Waals surface area contributed by atoms with E-state index < -0.39 is 5.97 Å². The van der Waals surface area contributed by atoms with Gasteiger partial charge in [0.15, 0.2) is 5.76 Å². The van der Waals surface area contributed by atoms with E-state index in [-0.39, 0.29) is 11.6 Å². The van der Waals surface area contributed by atoms with Gasteiger partial charge in [-0.25, -0.2) is 9.97 Å². The Morgan fingerprint density at radius 3 is 2.52 bits per heavy atom. The first-order valence-electron chi connectivity index (χ1n) is 6.22. The average molecular weight is 283 g/mol. The molecule has 3 aromatic rings. The van der Waals surface area contributed by atoms with Crippen molar-refractivity contribution in [2.24, 2.45) is 0 Å². The van der Waals surface area contributed by atoms with E-state index in [1.54, 1.807) is 32.0 Å². The molecule has 7 heteroatoms. The van der Waals surface area contributed by atoms with Gasteiger partial charge in [-0.05, 0) is 38.1 Å². The highest BCUT2D eigenvalue weighted by molar-refractivity contribution is 5.85. The summed E-state index contributed by atoms with van der Waals surface area (Å²) in [7, 11) is 0. The van der Waals surface area contributed by atoms with Crippen LogP contribution in [-0.4, -0.2) is 25.7 Å². The molecule has 0 saturated heterocycles. The van der Waals surface area contributed by atoms with E-state index in [9.17, 15) is 9.90 Å². The van der Waals surface area contributed by atoms with E-state index in [0.29, 0.717) is 11.5 Å². The third-order valence-electron chi connectivity index (χ3n) is 2.85. The first kappa shape index (κ1) is 13.0. The summed E-state index contributed by atoms with van der Waals surface area (Å²) < 4.78 is 6.37. The van der Waals surface area contributed by atoms with Crippen LogP contribution < -0.4 is 5.11 Å². The Kier molecular flexibility index (Phi) is 3.02. The first-order valence-corrected chi connectivity index (χ1v) is 6.22. The second-order valence-corrected chi connectivity index (χ2v) is 4.54. The molecule has 3 rings (SSSR count). The van der Waals surface area contributed by atoms with Crippen molar-refractivity contribution in [1.29, 1.82) is 0 Å². The van der Waals surface area contributed by atoms with Crippen LogP contribution in [0, 0.1) is 13.8 Å². The molecule has 3 aromatic heterocycles. The molecule has 0 aliphatic heterocycles. The monoisotopic (exact) mass is 283 g/mol. The van der Waals surface area contributed by atoms with Crippen molar-refractivity contribution >= 4 is 5.97 Å². The van der Waals surface area contributed by atoms with Crippen molar-refractivity contribution in [2.45, 2.75) is 13.8 Å². The second kappa shape index (κ2) is 4.86. The molecular formula is C14H11N4O3-. The Labute approximate surface area is 119 Å². The molecule has 0 spiro atoms. The molecule has 0 N–H and O–H groups in total. The lowest BCUT2D eigenvalue weighted by molar-refractivity contribution is -0.255. The van der Waals surface area contributed by atoms with Gasteiger partial charge in [0, 0.05) is 11.4 Å². The fourth-order valence-corrected chi connectivity index (χ4v) is 2.03. The SMILES string of the molecule is Cc1cc(C)nc(-n2nc(-c3ccco3)cc2C(=O)[O-])n1. The number of carbonyl (C=O) groups is 1. The van der Waals surface area contributed by atoms with Crippen molar-refractivity contribution in [3.63, 3.8) is 0 Å². The Balaban J connectivity index is 2.19. The summed E-state index contributed by atoms with van der Waals surface area (Å²) in [4.78, 5) is 19.7. The van der Waals surface area contributed by atoms with Gasteiger partial charge in [0.05, 0.1) is 17.9 Å². The molecule has 3 heterocycles. The van der Waals surface area contributed by atoms with Gasteiger partial charge >= 0.3 is 0 Å². The molecule has 0 unspecified atom stereocenters. The van der Waals surface area contributed by atoms with Crippen LogP contribution in [0.25, 0.3) is 17.4 Å². The number of aromatic carboxylic acids is 1. The molecule has 7 nitrogen and oxygen atoms in total. The number of hydrogen-bond acceptors (Lipinski definition) is 6. The van der Waals surface area contributed by atoms with E-state index in [1.807, 2.05) is 0 Å². The maximum atomic E-state index is 11.3. The lowest BCUT2D eigenvalue weighted by Crippen LogP contribution is -2.26. The van der Waals surface area contributed by atoms with Crippen LogP contribution in [0.1, 0.15) is 21.9 Å². The molecule has 0 aromatic carbocycles. The number of aromatic nitrogens is 4. The summed E-state index contributed by atoms with van der Waals surface area (Å²) in [5, 5.41) is 15.5. The van der Waals surface area contributed by atoms with Gasteiger partial charge in [-0.2, -0.15) is 9.78 Å². The largest absolute Gasteiger partial charge is 0.543 e. The minimum atomic E-state index is -1.36. The minimum absolute atomic E-state index is 0.133. The predicted octanol–water partition coefficient (Wildman–Crippen LogP) is 0.903. The first-order chi connectivity index (χ1) is 10.0. The lowest BCUT2D eigenvalue weighted by atomic mass is 10.3. The number of carboxylic acid groups (broad SMARTS) is 1. The van der Waals surface area contributed by atoms with E-state index in [0.717, 1.165) is 16.1 Å². The van der Waals surface area contributed by atoms with Crippen molar-refractivity contribution in [1.82, 2.24) is 19.7 Å². The van der Waals surface area contributed by atoms with Crippen LogP contribution >= 0.6 is 0 Å². The molecule has 0 aliphatic carbocycles. The van der Waals surface area contributed by atoms with Gasteiger partial charge in [-0.15, -0.1) is 0 Å². The summed E-state index contributed by atoms with van der Waals surface area (Å²) in [5.74, 6) is -0.715. The topological polar surface area (TPSA) is 96.9 Å². The summed E-state index contributed by atoms with van der Waals surface area (Å²) in [5.41, 5.74) is 1.68. The Morgan fingerprint density at radius 2 is 1.95 bits per heavy atom. The molecule has 0 amide bonds. The zero-order chi connectivity index (χ0) is 15.0. The lowest BCUT2D eigenvalue weighted by Gasteiger charge is -2.07. The number of rotatable bonds is 3. The Morgan fingerprint density at radius 1 is 1.24 bits per heavy atom. The van der Waals surface area contributed by atoms with Crippen LogP contribution in [0.2, 0.25) is 0 Å². The Hall–Kier alpha value is -2.96. The summed E-state index contributed by atoms with van der Waals surface area (Å²) >= 11 is 0. The van der Waals surface area contributed by atoms with E-state index in [1.165, 1.54) is 12.3 Å². The second-order valence-electron chi connectivity index (χ2n) is 4.54. The number of aryl methyl sites for hydroxylation is 2. The van der Waals surface area contributed by atoms with Crippen LogP contribution in [0.15, 0.2) is 34.9 Å². The van der Waals surface area contributed by atoms with Gasteiger partial charge < -0.3 is 14.3 Å². The molecule has 0 bridgehead atoms. The zero-order valence-electron chi connectivity index (χ0n) is 11.4. The fourth-order valence-electron chi connectivity index (χ4n) is 2.03. The van der Waals surface area contributed by atoms with Crippen molar-refractivity contribution in [3.8, 4) is 17.4 Å². The smallest absolute Gasteiger partial charge is 0.251 e. The standard InChI is InChI=1S/C14H12N4O3/c1-8-6-9(2)16-14(15-8)18-11(13(19)20)7-10(17-18)12-4-3-5-21-12/h3-7H,1-2H3,(H,19,20)/p-1. The van der Waals surface area contributed by atoms with Crippen molar-refractivity contribution < 1.29 is 14.3 Å². The quantitative estimate of drug-likeness (QED) is 0.708. The van der Waals surface area contributed by atoms with Crippen LogP contribution in [0.5, 0.6) is 0 Å². The molecule has 0 saturated carbocycles.